The van der Waals surface area contributed by atoms with E-state index in [2.05, 4.69) is 32.5 Å². The summed E-state index contributed by atoms with van der Waals surface area (Å²) in [5.74, 6) is 0.692. The maximum absolute atomic E-state index is 13.1. The predicted molar refractivity (Wildman–Crippen MR) is 155 cm³/mol. The van der Waals surface area contributed by atoms with Crippen LogP contribution in [-0.2, 0) is 22.6 Å². The lowest BCUT2D eigenvalue weighted by Crippen LogP contribution is -2.50. The fraction of sp³-hybridized carbons (Fsp3) is 0.520. The lowest BCUT2D eigenvalue weighted by atomic mass is 9.75. The van der Waals surface area contributed by atoms with Gasteiger partial charge in [0.15, 0.2) is 5.82 Å². The van der Waals surface area contributed by atoms with E-state index in [1.165, 1.54) is 22.7 Å². The number of hydrogen-bond donors (Lipinski definition) is 2. The van der Waals surface area contributed by atoms with Crippen molar-refractivity contribution >= 4 is 62.7 Å². The molecule has 0 radical (unpaired) electrons. The Bertz CT molecular complexity index is 1400. The number of aliphatic hydroxyl groups is 1. The lowest BCUT2D eigenvalue weighted by molar-refractivity contribution is 0.127. The molecule has 2 aliphatic rings. The van der Waals surface area contributed by atoms with E-state index in [1.807, 2.05) is 13.0 Å². The number of piperidine rings is 1. The molecule has 204 valence electrons. The average Bonchev–Trinajstić information content (AvgIpc) is 3.19. The number of hydrogen-bond acceptors (Lipinski definition) is 10. The van der Waals surface area contributed by atoms with Crippen molar-refractivity contribution in [2.75, 3.05) is 38.3 Å². The van der Waals surface area contributed by atoms with Gasteiger partial charge in [-0.05, 0) is 54.5 Å². The average molecular weight is 673 g/mol. The van der Waals surface area contributed by atoms with Gasteiger partial charge in [0.1, 0.15) is 14.8 Å². The monoisotopic (exact) mass is 672 g/mol. The van der Waals surface area contributed by atoms with E-state index in [-0.39, 0.29) is 27.7 Å². The van der Waals surface area contributed by atoms with Gasteiger partial charge in [-0.2, -0.15) is 0 Å². The summed E-state index contributed by atoms with van der Waals surface area (Å²) in [5.41, 5.74) is 7.98. The maximum atomic E-state index is 13.1. The van der Waals surface area contributed by atoms with Crippen molar-refractivity contribution in [2.45, 2.75) is 53.0 Å². The topological polar surface area (TPSA) is 129 Å². The molecule has 3 aromatic rings. The smallest absolute Gasteiger partial charge is 0.262 e. The zero-order chi connectivity index (χ0) is 27.0. The van der Waals surface area contributed by atoms with Crippen LogP contribution in [-0.4, -0.2) is 68.2 Å². The van der Waals surface area contributed by atoms with Crippen LogP contribution < -0.4 is 16.2 Å². The summed E-state index contributed by atoms with van der Waals surface area (Å²) >= 11 is 10.3. The standard InChI is InChI=1S/C25H30ClIN6O4S/c1-14-23(38-17-4-3-15-18(19(17)26)24(35)33(13-29-15)9-10-36-2)31-16(11-34)22(30-14)32-7-5-25(6-8-32)12-37-21(27)20(25)28/h3-4,13,20-21,34H,5-12,28H2,1-2H3/t20-,21-/m1/s1. The van der Waals surface area contributed by atoms with Crippen LogP contribution in [0.25, 0.3) is 10.9 Å². The van der Waals surface area contributed by atoms with Gasteiger partial charge >= 0.3 is 0 Å². The molecule has 3 N–H and O–H groups in total. The molecule has 13 heteroatoms. The molecule has 5 rings (SSSR count). The van der Waals surface area contributed by atoms with Crippen LogP contribution in [0, 0.1) is 12.3 Å². The summed E-state index contributed by atoms with van der Waals surface area (Å²) in [5, 5.41) is 11.5. The number of nitrogens with two attached hydrogens (primary N) is 1. The van der Waals surface area contributed by atoms with Crippen LogP contribution in [0.15, 0.2) is 33.2 Å². The van der Waals surface area contributed by atoms with Gasteiger partial charge < -0.3 is 25.2 Å². The molecule has 2 aliphatic heterocycles. The molecule has 2 saturated heterocycles. The molecule has 2 atom stereocenters. The van der Waals surface area contributed by atoms with Crippen molar-refractivity contribution in [3.63, 3.8) is 0 Å². The normalized spacial score (nSPS) is 21.1. The fourth-order valence-corrected chi connectivity index (χ4v) is 7.25. The zero-order valence-corrected chi connectivity index (χ0v) is 24.9. The van der Waals surface area contributed by atoms with Crippen LogP contribution in [0.2, 0.25) is 5.02 Å². The van der Waals surface area contributed by atoms with Crippen molar-refractivity contribution in [1.82, 2.24) is 19.5 Å². The number of aromatic nitrogens is 4. The number of aliphatic hydroxyl groups excluding tert-OH is 1. The van der Waals surface area contributed by atoms with E-state index in [9.17, 15) is 9.90 Å². The van der Waals surface area contributed by atoms with E-state index in [1.54, 1.807) is 13.2 Å². The van der Waals surface area contributed by atoms with E-state index in [4.69, 9.17) is 36.8 Å². The van der Waals surface area contributed by atoms with Crippen molar-refractivity contribution in [3.05, 3.63) is 45.2 Å². The van der Waals surface area contributed by atoms with E-state index in [0.717, 1.165) is 31.6 Å². The maximum Gasteiger partial charge on any atom is 0.262 e. The first kappa shape index (κ1) is 28.0. The first-order valence-corrected chi connectivity index (χ1v) is 14.8. The van der Waals surface area contributed by atoms with E-state index in [0.29, 0.717) is 57.1 Å². The van der Waals surface area contributed by atoms with Gasteiger partial charge in [0.25, 0.3) is 5.56 Å². The number of ether oxygens (including phenoxy) is 2. The van der Waals surface area contributed by atoms with Crippen LogP contribution in [0.5, 0.6) is 0 Å². The molecule has 4 heterocycles. The number of halogens is 2. The van der Waals surface area contributed by atoms with Crippen molar-refractivity contribution in [3.8, 4) is 0 Å². The van der Waals surface area contributed by atoms with Gasteiger partial charge in [-0.25, -0.2) is 15.0 Å². The summed E-state index contributed by atoms with van der Waals surface area (Å²) in [6, 6.07) is 3.61. The number of alkyl halides is 1. The fourth-order valence-electron chi connectivity index (χ4n) is 5.06. The third-order valence-corrected chi connectivity index (χ3v) is 10.2. The van der Waals surface area contributed by atoms with Gasteiger partial charge in [-0.3, -0.25) is 9.36 Å². The molecule has 2 aromatic heterocycles. The van der Waals surface area contributed by atoms with Crippen LogP contribution in [0.4, 0.5) is 5.82 Å². The van der Waals surface area contributed by atoms with Gasteiger partial charge in [0.2, 0.25) is 0 Å². The van der Waals surface area contributed by atoms with Crippen molar-refractivity contribution in [1.29, 1.82) is 0 Å². The Kier molecular flexibility index (Phi) is 8.48. The molecule has 0 aliphatic carbocycles. The highest BCUT2D eigenvalue weighted by molar-refractivity contribution is 14.1. The highest BCUT2D eigenvalue weighted by Crippen LogP contribution is 2.44. The Morgan fingerprint density at radius 2 is 2.11 bits per heavy atom. The Morgan fingerprint density at radius 1 is 1.34 bits per heavy atom. The number of rotatable bonds is 7. The minimum absolute atomic E-state index is 0.0101. The van der Waals surface area contributed by atoms with Crippen molar-refractivity contribution < 1.29 is 14.6 Å². The second-order valence-electron chi connectivity index (χ2n) is 9.69. The zero-order valence-electron chi connectivity index (χ0n) is 21.2. The molecule has 1 aromatic carbocycles. The summed E-state index contributed by atoms with van der Waals surface area (Å²) in [7, 11) is 1.58. The van der Waals surface area contributed by atoms with Crippen LogP contribution in [0.3, 0.4) is 0 Å². The van der Waals surface area contributed by atoms with Crippen LogP contribution in [0.1, 0.15) is 24.2 Å². The Morgan fingerprint density at radius 3 is 2.76 bits per heavy atom. The molecule has 2 fully saturated rings. The summed E-state index contributed by atoms with van der Waals surface area (Å²) in [4.78, 5) is 29.9. The van der Waals surface area contributed by atoms with E-state index < -0.39 is 0 Å². The molecular formula is C25H30ClIN6O4S. The molecule has 0 saturated carbocycles. The first-order chi connectivity index (χ1) is 18.3. The lowest BCUT2D eigenvalue weighted by Gasteiger charge is -2.41. The minimum atomic E-state index is -0.240. The van der Waals surface area contributed by atoms with E-state index >= 15 is 0 Å². The molecule has 10 nitrogen and oxygen atoms in total. The summed E-state index contributed by atoms with van der Waals surface area (Å²) in [6.07, 6.45) is 3.31. The van der Waals surface area contributed by atoms with Gasteiger partial charge in [0, 0.05) is 36.6 Å². The Labute approximate surface area is 243 Å². The number of benzene rings is 1. The molecule has 1 spiro atoms. The summed E-state index contributed by atoms with van der Waals surface area (Å²) in [6.45, 7) is 4.65. The second kappa shape index (κ2) is 11.5. The number of anilines is 1. The highest BCUT2D eigenvalue weighted by atomic mass is 127. The molecule has 0 unspecified atom stereocenters. The molecule has 38 heavy (non-hydrogen) atoms. The minimum Gasteiger partial charge on any atom is -0.390 e. The third kappa shape index (κ3) is 5.16. The quantitative estimate of drug-likeness (QED) is 0.285. The predicted octanol–water partition coefficient (Wildman–Crippen LogP) is 3.14. The molecule has 0 amide bonds. The molecular weight excluding hydrogens is 643 g/mol. The summed E-state index contributed by atoms with van der Waals surface area (Å²) < 4.78 is 12.5. The number of aryl methyl sites for hydroxylation is 1. The molecule has 0 bridgehead atoms. The number of methoxy groups -OCH3 is 1. The Hall–Kier alpha value is -1.55. The first-order valence-electron chi connectivity index (χ1n) is 12.4. The van der Waals surface area contributed by atoms with Gasteiger partial charge in [-0.15, -0.1) is 0 Å². The SMILES string of the molecule is COCCn1cnc2ccc(Sc3nc(CO)c(N4CCC5(CC4)CO[C@@H](I)[C@H]5N)nc3C)c(Cl)c2c1=O. The highest BCUT2D eigenvalue weighted by Gasteiger charge is 2.48. The largest absolute Gasteiger partial charge is 0.390 e. The van der Waals surface area contributed by atoms with Crippen LogP contribution >= 0.6 is 46.0 Å². The van der Waals surface area contributed by atoms with Crippen molar-refractivity contribution in [2.24, 2.45) is 11.1 Å². The Balaban J connectivity index is 1.40. The van der Waals surface area contributed by atoms with Gasteiger partial charge in [0.05, 0.1) is 54.3 Å². The third-order valence-electron chi connectivity index (χ3n) is 7.44. The second-order valence-corrected chi connectivity index (χ2v) is 12.3. The van der Waals surface area contributed by atoms with Gasteiger partial charge in [-0.1, -0.05) is 23.4 Å². The number of fused-ring (bicyclic) bond motifs is 1. The number of nitrogens with zero attached hydrogens (tertiary/aromatic N) is 5.